The summed E-state index contributed by atoms with van der Waals surface area (Å²) >= 11 is 0. The van der Waals surface area contributed by atoms with Crippen molar-refractivity contribution in [3.8, 4) is 0 Å². The molecule has 0 aliphatic heterocycles. The van der Waals surface area contributed by atoms with Gasteiger partial charge in [-0.2, -0.15) is 0 Å². The van der Waals surface area contributed by atoms with Crippen LogP contribution in [0.5, 0.6) is 0 Å². The van der Waals surface area contributed by atoms with E-state index in [-0.39, 0.29) is 12.4 Å². The third kappa shape index (κ3) is 4.63. The van der Waals surface area contributed by atoms with Gasteiger partial charge in [0.15, 0.2) is 0 Å². The quantitative estimate of drug-likeness (QED) is 0.766. The number of benzene rings is 1. The SMILES string of the molecule is NC(CCOCC(F)F)c1cccc(F)c1. The van der Waals surface area contributed by atoms with Gasteiger partial charge in [0, 0.05) is 12.6 Å². The van der Waals surface area contributed by atoms with Crippen LogP contribution in [-0.4, -0.2) is 19.6 Å². The van der Waals surface area contributed by atoms with Gasteiger partial charge < -0.3 is 10.5 Å². The van der Waals surface area contributed by atoms with Crippen LogP contribution >= 0.6 is 0 Å². The number of alkyl halides is 2. The van der Waals surface area contributed by atoms with Crippen molar-refractivity contribution in [3.63, 3.8) is 0 Å². The van der Waals surface area contributed by atoms with E-state index in [0.29, 0.717) is 12.0 Å². The minimum absolute atomic E-state index is 0.141. The lowest BCUT2D eigenvalue weighted by molar-refractivity contribution is 0.0152. The van der Waals surface area contributed by atoms with Gasteiger partial charge in [-0.15, -0.1) is 0 Å². The van der Waals surface area contributed by atoms with E-state index in [1.165, 1.54) is 12.1 Å². The van der Waals surface area contributed by atoms with Crippen LogP contribution in [0.2, 0.25) is 0 Å². The molecule has 16 heavy (non-hydrogen) atoms. The molecule has 0 heterocycles. The number of halogens is 3. The molecular formula is C11H14F3NO. The fourth-order valence-electron chi connectivity index (χ4n) is 1.29. The second kappa shape index (κ2) is 6.50. The smallest absolute Gasteiger partial charge is 0.261 e. The predicted octanol–water partition coefficient (Wildman–Crippen LogP) is 2.50. The van der Waals surface area contributed by atoms with Gasteiger partial charge in [0.05, 0.1) is 0 Å². The summed E-state index contributed by atoms with van der Waals surface area (Å²) < 4.78 is 41.0. The summed E-state index contributed by atoms with van der Waals surface area (Å²) in [6.45, 7) is -0.447. The monoisotopic (exact) mass is 233 g/mol. The van der Waals surface area contributed by atoms with Crippen LogP contribution in [0.4, 0.5) is 13.2 Å². The molecule has 1 rings (SSSR count). The first-order chi connectivity index (χ1) is 7.59. The Labute approximate surface area is 92.2 Å². The zero-order chi connectivity index (χ0) is 12.0. The van der Waals surface area contributed by atoms with Crippen LogP contribution in [0.25, 0.3) is 0 Å². The summed E-state index contributed by atoms with van der Waals surface area (Å²) in [5.74, 6) is -0.360. The zero-order valence-corrected chi connectivity index (χ0v) is 8.70. The maximum atomic E-state index is 12.8. The Balaban J connectivity index is 2.32. The van der Waals surface area contributed by atoms with E-state index in [9.17, 15) is 13.2 Å². The number of hydrogen-bond donors (Lipinski definition) is 1. The molecule has 1 atom stereocenters. The van der Waals surface area contributed by atoms with Crippen molar-refractivity contribution in [2.75, 3.05) is 13.2 Å². The lowest BCUT2D eigenvalue weighted by atomic mass is 10.1. The fourth-order valence-corrected chi connectivity index (χ4v) is 1.29. The molecule has 0 saturated heterocycles. The molecule has 1 aromatic rings. The molecular weight excluding hydrogens is 219 g/mol. The molecule has 2 N–H and O–H groups in total. The Morgan fingerprint density at radius 1 is 1.31 bits per heavy atom. The number of ether oxygens (including phenoxy) is 1. The average molecular weight is 233 g/mol. The third-order valence-electron chi connectivity index (χ3n) is 2.09. The van der Waals surface area contributed by atoms with E-state index < -0.39 is 19.1 Å². The molecule has 0 bridgehead atoms. The van der Waals surface area contributed by atoms with Gasteiger partial charge in [0.1, 0.15) is 12.4 Å². The second-order valence-electron chi connectivity index (χ2n) is 3.42. The molecule has 0 amide bonds. The van der Waals surface area contributed by atoms with E-state index >= 15 is 0 Å². The van der Waals surface area contributed by atoms with Crippen molar-refractivity contribution in [3.05, 3.63) is 35.6 Å². The summed E-state index contributed by atoms with van der Waals surface area (Å²) in [5, 5.41) is 0. The fraction of sp³-hybridized carbons (Fsp3) is 0.455. The van der Waals surface area contributed by atoms with Gasteiger partial charge in [-0.1, -0.05) is 12.1 Å². The van der Waals surface area contributed by atoms with Crippen molar-refractivity contribution < 1.29 is 17.9 Å². The van der Waals surface area contributed by atoms with Crippen LogP contribution in [0.3, 0.4) is 0 Å². The minimum Gasteiger partial charge on any atom is -0.375 e. The first-order valence-corrected chi connectivity index (χ1v) is 4.96. The van der Waals surface area contributed by atoms with Crippen LogP contribution in [0, 0.1) is 5.82 Å². The molecule has 2 nitrogen and oxygen atoms in total. The van der Waals surface area contributed by atoms with Gasteiger partial charge in [0.2, 0.25) is 0 Å². The predicted molar refractivity (Wildman–Crippen MR) is 54.8 cm³/mol. The molecule has 0 aromatic heterocycles. The van der Waals surface area contributed by atoms with Crippen molar-refractivity contribution in [2.24, 2.45) is 5.73 Å². The summed E-state index contributed by atoms with van der Waals surface area (Å²) in [5.41, 5.74) is 6.39. The van der Waals surface area contributed by atoms with Gasteiger partial charge in [0.25, 0.3) is 6.43 Å². The molecule has 1 unspecified atom stereocenters. The average Bonchev–Trinajstić information content (AvgIpc) is 2.24. The van der Waals surface area contributed by atoms with Gasteiger partial charge in [-0.3, -0.25) is 0 Å². The number of rotatable bonds is 6. The van der Waals surface area contributed by atoms with Crippen molar-refractivity contribution >= 4 is 0 Å². The van der Waals surface area contributed by atoms with Crippen molar-refractivity contribution in [1.29, 1.82) is 0 Å². The number of hydrogen-bond acceptors (Lipinski definition) is 2. The Kier molecular flexibility index (Phi) is 5.28. The van der Waals surface area contributed by atoms with E-state index in [1.54, 1.807) is 12.1 Å². The van der Waals surface area contributed by atoms with E-state index in [0.717, 1.165) is 0 Å². The Morgan fingerprint density at radius 2 is 2.06 bits per heavy atom. The molecule has 90 valence electrons. The molecule has 0 spiro atoms. The Bertz CT molecular complexity index is 320. The lowest BCUT2D eigenvalue weighted by Gasteiger charge is -2.12. The highest BCUT2D eigenvalue weighted by atomic mass is 19.3. The summed E-state index contributed by atoms with van der Waals surface area (Å²) in [6, 6.07) is 5.51. The van der Waals surface area contributed by atoms with Crippen molar-refractivity contribution in [2.45, 2.75) is 18.9 Å². The molecule has 0 saturated carbocycles. The van der Waals surface area contributed by atoms with Gasteiger partial charge in [-0.25, -0.2) is 13.2 Å². The van der Waals surface area contributed by atoms with Crippen LogP contribution < -0.4 is 5.73 Å². The Morgan fingerprint density at radius 3 is 2.69 bits per heavy atom. The van der Waals surface area contributed by atoms with E-state index in [2.05, 4.69) is 0 Å². The van der Waals surface area contributed by atoms with Gasteiger partial charge >= 0.3 is 0 Å². The molecule has 5 heteroatoms. The number of nitrogens with two attached hydrogens (primary N) is 1. The van der Waals surface area contributed by atoms with Crippen LogP contribution in [0.15, 0.2) is 24.3 Å². The molecule has 1 aromatic carbocycles. The minimum atomic E-state index is -2.47. The highest BCUT2D eigenvalue weighted by Gasteiger charge is 2.08. The summed E-state index contributed by atoms with van der Waals surface area (Å²) in [6.07, 6.45) is -2.08. The molecule has 0 aliphatic carbocycles. The highest BCUT2D eigenvalue weighted by molar-refractivity contribution is 5.19. The molecule has 0 fully saturated rings. The largest absolute Gasteiger partial charge is 0.375 e. The highest BCUT2D eigenvalue weighted by Crippen LogP contribution is 2.15. The normalized spacial score (nSPS) is 13.1. The van der Waals surface area contributed by atoms with Crippen LogP contribution in [0.1, 0.15) is 18.0 Å². The zero-order valence-electron chi connectivity index (χ0n) is 8.70. The van der Waals surface area contributed by atoms with E-state index in [1.807, 2.05) is 0 Å². The molecule has 0 aliphatic rings. The topological polar surface area (TPSA) is 35.2 Å². The lowest BCUT2D eigenvalue weighted by Crippen LogP contribution is -2.15. The molecule has 0 radical (unpaired) electrons. The van der Waals surface area contributed by atoms with E-state index in [4.69, 9.17) is 10.5 Å². The third-order valence-corrected chi connectivity index (χ3v) is 2.09. The summed E-state index contributed by atoms with van der Waals surface area (Å²) in [4.78, 5) is 0. The maximum Gasteiger partial charge on any atom is 0.261 e. The summed E-state index contributed by atoms with van der Waals surface area (Å²) in [7, 11) is 0. The van der Waals surface area contributed by atoms with Gasteiger partial charge in [-0.05, 0) is 24.1 Å². The van der Waals surface area contributed by atoms with Crippen LogP contribution in [-0.2, 0) is 4.74 Å². The maximum absolute atomic E-state index is 12.8. The first kappa shape index (κ1) is 13.0. The standard InChI is InChI=1S/C11H14F3NO/c12-9-3-1-2-8(6-9)10(15)4-5-16-7-11(13)14/h1-3,6,10-11H,4-5,7,15H2. The van der Waals surface area contributed by atoms with Crippen molar-refractivity contribution in [1.82, 2.24) is 0 Å². The first-order valence-electron chi connectivity index (χ1n) is 4.96. The second-order valence-corrected chi connectivity index (χ2v) is 3.42. The Hall–Kier alpha value is -1.07.